The van der Waals surface area contributed by atoms with Gasteiger partial charge in [0.1, 0.15) is 5.92 Å². The van der Waals surface area contributed by atoms with E-state index in [0.29, 0.717) is 22.7 Å². The number of esters is 2. The molecule has 2 heterocycles. The average molecular weight is 330 g/mol. The van der Waals surface area contributed by atoms with E-state index in [0.717, 1.165) is 0 Å². The lowest BCUT2D eigenvalue weighted by Gasteiger charge is -2.30. The van der Waals surface area contributed by atoms with Gasteiger partial charge in [0, 0.05) is 23.3 Å². The highest BCUT2D eigenvalue weighted by molar-refractivity contribution is 6.06. The fraction of sp³-hybridized carbons (Fsp3) is 0.444. The first kappa shape index (κ1) is 17.8. The molecule has 1 aliphatic rings. The van der Waals surface area contributed by atoms with Crippen LogP contribution in [-0.4, -0.2) is 35.8 Å². The third kappa shape index (κ3) is 3.53. The van der Waals surface area contributed by atoms with Gasteiger partial charge in [0.2, 0.25) is 0 Å². The summed E-state index contributed by atoms with van der Waals surface area (Å²) >= 11 is 0. The maximum atomic E-state index is 12.5. The first-order valence-corrected chi connectivity index (χ1v) is 8.01. The molecule has 2 atom stereocenters. The Morgan fingerprint density at radius 3 is 2.42 bits per heavy atom. The molecule has 0 saturated heterocycles. The third-order valence-corrected chi connectivity index (χ3v) is 3.87. The zero-order valence-corrected chi connectivity index (χ0v) is 14.4. The van der Waals surface area contributed by atoms with Crippen molar-refractivity contribution in [1.82, 2.24) is 4.98 Å². The molecule has 0 aliphatic carbocycles. The maximum Gasteiger partial charge on any atom is 0.336 e. The molecule has 1 aliphatic heterocycles. The summed E-state index contributed by atoms with van der Waals surface area (Å²) in [5, 5.41) is 0. The van der Waals surface area contributed by atoms with Crippen molar-refractivity contribution in [3.63, 3.8) is 0 Å². The van der Waals surface area contributed by atoms with Crippen LogP contribution in [0.4, 0.5) is 0 Å². The van der Waals surface area contributed by atoms with Gasteiger partial charge in [-0.3, -0.25) is 14.8 Å². The summed E-state index contributed by atoms with van der Waals surface area (Å²) in [5.41, 5.74) is 2.13. The summed E-state index contributed by atoms with van der Waals surface area (Å²) < 4.78 is 10.4. The van der Waals surface area contributed by atoms with Crippen molar-refractivity contribution >= 4 is 17.7 Å². The number of aliphatic imine (C=N–C) groups is 1. The van der Waals surface area contributed by atoms with Gasteiger partial charge in [0.25, 0.3) is 0 Å². The molecule has 24 heavy (non-hydrogen) atoms. The predicted octanol–water partition coefficient (Wildman–Crippen LogP) is 2.66. The molecule has 0 unspecified atom stereocenters. The van der Waals surface area contributed by atoms with Gasteiger partial charge in [0.15, 0.2) is 0 Å². The second-order valence-corrected chi connectivity index (χ2v) is 5.43. The van der Waals surface area contributed by atoms with E-state index in [-0.39, 0.29) is 13.2 Å². The molecule has 0 N–H and O–H groups in total. The standard InChI is InChI=1S/C18H22N2O4/c1-5-23-17(21)14-11(3)20-12(4)15(18(22)24-6-2)16(14)13-9-7-8-10-19-13/h7-10,14,16H,5-6H2,1-4H3/t14-,16-/m0/s1. The van der Waals surface area contributed by atoms with Crippen LogP contribution in [0.1, 0.15) is 39.3 Å². The van der Waals surface area contributed by atoms with Crippen molar-refractivity contribution in [3.05, 3.63) is 41.4 Å². The Balaban J connectivity index is 2.58. The normalized spacial score (nSPS) is 20.4. The molecular formula is C18H22N2O4. The minimum Gasteiger partial charge on any atom is -0.465 e. The van der Waals surface area contributed by atoms with Crippen LogP contribution in [0.5, 0.6) is 0 Å². The lowest BCUT2D eigenvalue weighted by atomic mass is 9.77. The predicted molar refractivity (Wildman–Crippen MR) is 89.5 cm³/mol. The number of rotatable bonds is 5. The van der Waals surface area contributed by atoms with Gasteiger partial charge in [-0.2, -0.15) is 0 Å². The Hall–Kier alpha value is -2.50. The number of carbonyl (C=O) groups is 2. The molecule has 0 aromatic carbocycles. The van der Waals surface area contributed by atoms with Gasteiger partial charge >= 0.3 is 11.9 Å². The van der Waals surface area contributed by atoms with Gasteiger partial charge in [-0.15, -0.1) is 0 Å². The van der Waals surface area contributed by atoms with Crippen LogP contribution in [0, 0.1) is 5.92 Å². The highest BCUT2D eigenvalue weighted by Crippen LogP contribution is 2.39. The Kier molecular flexibility index (Phi) is 5.84. The smallest absolute Gasteiger partial charge is 0.336 e. The molecule has 0 saturated carbocycles. The molecule has 2 rings (SSSR count). The fourth-order valence-corrected chi connectivity index (χ4v) is 2.93. The fourth-order valence-electron chi connectivity index (χ4n) is 2.93. The van der Waals surface area contributed by atoms with Crippen molar-refractivity contribution in [2.24, 2.45) is 10.9 Å². The summed E-state index contributed by atoms with van der Waals surface area (Å²) in [6.07, 6.45) is 1.64. The number of hydrogen-bond acceptors (Lipinski definition) is 6. The summed E-state index contributed by atoms with van der Waals surface area (Å²) in [6, 6.07) is 5.40. The molecule has 0 spiro atoms. The number of pyridine rings is 1. The molecule has 0 amide bonds. The van der Waals surface area contributed by atoms with Crippen LogP contribution in [0.2, 0.25) is 0 Å². The Morgan fingerprint density at radius 2 is 1.83 bits per heavy atom. The van der Waals surface area contributed by atoms with Gasteiger partial charge in [0.05, 0.1) is 24.7 Å². The van der Waals surface area contributed by atoms with E-state index in [2.05, 4.69) is 9.98 Å². The van der Waals surface area contributed by atoms with Crippen molar-refractivity contribution in [2.45, 2.75) is 33.6 Å². The molecule has 0 bridgehead atoms. The van der Waals surface area contributed by atoms with Crippen LogP contribution < -0.4 is 0 Å². The van der Waals surface area contributed by atoms with Gasteiger partial charge < -0.3 is 9.47 Å². The van der Waals surface area contributed by atoms with Crippen LogP contribution in [0.15, 0.2) is 40.7 Å². The molecule has 128 valence electrons. The Morgan fingerprint density at radius 1 is 1.12 bits per heavy atom. The van der Waals surface area contributed by atoms with E-state index in [1.54, 1.807) is 46.0 Å². The second-order valence-electron chi connectivity index (χ2n) is 5.43. The summed E-state index contributed by atoms with van der Waals surface area (Å²) in [5.74, 6) is -2.15. The van der Waals surface area contributed by atoms with E-state index >= 15 is 0 Å². The monoisotopic (exact) mass is 330 g/mol. The third-order valence-electron chi connectivity index (χ3n) is 3.87. The van der Waals surface area contributed by atoms with E-state index in [9.17, 15) is 9.59 Å². The quantitative estimate of drug-likeness (QED) is 0.776. The van der Waals surface area contributed by atoms with E-state index in [1.165, 1.54) is 0 Å². The van der Waals surface area contributed by atoms with Crippen molar-refractivity contribution in [1.29, 1.82) is 0 Å². The Labute approximate surface area is 141 Å². The van der Waals surface area contributed by atoms with Crippen LogP contribution in [0.3, 0.4) is 0 Å². The molecular weight excluding hydrogens is 308 g/mol. The van der Waals surface area contributed by atoms with E-state index in [1.807, 2.05) is 6.07 Å². The lowest BCUT2D eigenvalue weighted by Crippen LogP contribution is -2.37. The highest BCUT2D eigenvalue weighted by Gasteiger charge is 2.42. The van der Waals surface area contributed by atoms with E-state index in [4.69, 9.17) is 9.47 Å². The number of aromatic nitrogens is 1. The van der Waals surface area contributed by atoms with Crippen LogP contribution in [-0.2, 0) is 19.1 Å². The zero-order valence-electron chi connectivity index (χ0n) is 14.4. The maximum absolute atomic E-state index is 12.5. The SMILES string of the molecule is CCOC(=O)C1=C(C)N=C(C)[C@H](C(=O)OCC)[C@@H]1c1ccccn1. The minimum absolute atomic E-state index is 0.247. The van der Waals surface area contributed by atoms with Crippen molar-refractivity contribution in [3.8, 4) is 0 Å². The molecule has 6 nitrogen and oxygen atoms in total. The molecule has 1 aromatic rings. The Bertz CT molecular complexity index is 680. The largest absolute Gasteiger partial charge is 0.465 e. The summed E-state index contributed by atoms with van der Waals surface area (Å²) in [6.45, 7) is 7.50. The molecule has 0 radical (unpaired) electrons. The van der Waals surface area contributed by atoms with Crippen molar-refractivity contribution in [2.75, 3.05) is 13.2 Å². The number of allylic oxidation sites excluding steroid dienone is 1. The van der Waals surface area contributed by atoms with E-state index < -0.39 is 23.8 Å². The second kappa shape index (κ2) is 7.86. The molecule has 6 heteroatoms. The van der Waals surface area contributed by atoms with Crippen LogP contribution >= 0.6 is 0 Å². The van der Waals surface area contributed by atoms with Crippen molar-refractivity contribution < 1.29 is 19.1 Å². The topological polar surface area (TPSA) is 77.8 Å². The molecule has 1 aromatic heterocycles. The number of carbonyl (C=O) groups excluding carboxylic acids is 2. The van der Waals surface area contributed by atoms with Crippen LogP contribution in [0.25, 0.3) is 0 Å². The van der Waals surface area contributed by atoms with Gasteiger partial charge in [-0.25, -0.2) is 4.79 Å². The van der Waals surface area contributed by atoms with Gasteiger partial charge in [-0.05, 0) is 39.8 Å². The average Bonchev–Trinajstić information content (AvgIpc) is 2.55. The zero-order chi connectivity index (χ0) is 17.7. The summed E-state index contributed by atoms with van der Waals surface area (Å²) in [4.78, 5) is 33.8. The first-order valence-electron chi connectivity index (χ1n) is 8.01. The number of hydrogen-bond donors (Lipinski definition) is 0. The number of nitrogens with zero attached hydrogens (tertiary/aromatic N) is 2. The first-order chi connectivity index (χ1) is 11.5. The van der Waals surface area contributed by atoms with Gasteiger partial charge in [-0.1, -0.05) is 6.07 Å². The molecule has 0 fully saturated rings. The highest BCUT2D eigenvalue weighted by atomic mass is 16.5. The lowest BCUT2D eigenvalue weighted by molar-refractivity contribution is -0.146. The summed E-state index contributed by atoms with van der Waals surface area (Å²) in [7, 11) is 0. The number of ether oxygens (including phenoxy) is 2. The minimum atomic E-state index is -0.692.